The summed E-state index contributed by atoms with van der Waals surface area (Å²) in [5, 5.41) is 3.03. The van der Waals surface area contributed by atoms with Crippen molar-refractivity contribution in [3.8, 4) is 0 Å². The Morgan fingerprint density at radius 2 is 0.937 bits per heavy atom. The highest BCUT2D eigenvalue weighted by Gasteiger charge is 2.30. The van der Waals surface area contributed by atoms with E-state index in [9.17, 15) is 19.0 Å². The van der Waals surface area contributed by atoms with Crippen LogP contribution >= 0.6 is 7.82 Å². The number of hydrogen-bond donors (Lipinski definition) is 2. The maximum Gasteiger partial charge on any atom is 0.472 e. The molecule has 3 atom stereocenters. The SMILES string of the molecule is CCCC/C=C\CCCCCCCC(=O)NC(COP(=O)(O)OCC[N+](C)(C)C)C(/C=C/CCCCCCCCCCC)OC(=O)CCCCCCCCC/C=C\CCCCCC. The fraction of sp³-hybridized carbons (Fsp3) is 0.849. The number of rotatable bonds is 47. The first-order valence-electron chi connectivity index (χ1n) is 26.3. The molecule has 1 amide bonds. The summed E-state index contributed by atoms with van der Waals surface area (Å²) in [4.78, 5) is 37.4. The minimum atomic E-state index is -4.43. The van der Waals surface area contributed by atoms with Gasteiger partial charge in [-0.25, -0.2) is 4.57 Å². The number of hydrogen-bond acceptors (Lipinski definition) is 6. The Hall–Kier alpha value is -1.77. The van der Waals surface area contributed by atoms with Crippen LogP contribution in [0.3, 0.4) is 0 Å². The molecule has 0 fully saturated rings. The molecule has 0 heterocycles. The topological polar surface area (TPSA) is 111 Å². The number of quaternary nitrogens is 1. The van der Waals surface area contributed by atoms with E-state index in [1.807, 2.05) is 33.3 Å². The van der Waals surface area contributed by atoms with Gasteiger partial charge in [0.15, 0.2) is 0 Å². The maximum atomic E-state index is 13.4. The van der Waals surface area contributed by atoms with Crippen LogP contribution in [-0.4, -0.2) is 74.3 Å². The molecule has 0 aromatic heterocycles. The van der Waals surface area contributed by atoms with Gasteiger partial charge >= 0.3 is 13.8 Å². The van der Waals surface area contributed by atoms with Crippen LogP contribution in [0.1, 0.15) is 239 Å². The van der Waals surface area contributed by atoms with E-state index in [1.54, 1.807) is 0 Å². The zero-order valence-electron chi connectivity index (χ0n) is 42.1. The number of unbranched alkanes of at least 4 members (excludes halogenated alkanes) is 27. The van der Waals surface area contributed by atoms with Crippen LogP contribution in [0.2, 0.25) is 0 Å². The van der Waals surface area contributed by atoms with Gasteiger partial charge < -0.3 is 19.4 Å². The molecule has 0 aliphatic heterocycles. The largest absolute Gasteiger partial charge is 0.472 e. The lowest BCUT2D eigenvalue weighted by molar-refractivity contribution is -0.870. The third-order valence-electron chi connectivity index (χ3n) is 11.6. The van der Waals surface area contributed by atoms with E-state index in [4.69, 9.17) is 13.8 Å². The summed E-state index contributed by atoms with van der Waals surface area (Å²) in [7, 11) is 1.49. The van der Waals surface area contributed by atoms with Gasteiger partial charge in [0.1, 0.15) is 19.3 Å². The molecule has 0 bridgehead atoms. The molecule has 370 valence electrons. The molecule has 0 aliphatic carbocycles. The standard InChI is InChI=1S/C53H101N2O7P/c1-7-10-13-16-19-22-25-26-27-28-31-34-37-40-43-46-53(57)62-51(44-41-38-35-32-29-23-20-17-14-11-8-2)50(49-61-63(58,59)60-48-47-55(4,5)6)54-52(56)45-42-39-36-33-30-24-21-18-15-12-9-3/h18,21-22,25,41,44,50-51H,7-17,19-20,23-24,26-40,42-43,45-49H2,1-6H3,(H-,54,56,58,59)/p+1/b21-18-,25-22-,44-41+. The number of carbonyl (C=O) groups is 2. The summed E-state index contributed by atoms with van der Waals surface area (Å²) >= 11 is 0. The van der Waals surface area contributed by atoms with Crippen LogP contribution in [0.25, 0.3) is 0 Å². The van der Waals surface area contributed by atoms with Crippen LogP contribution in [0, 0.1) is 0 Å². The van der Waals surface area contributed by atoms with E-state index in [0.29, 0.717) is 17.4 Å². The minimum absolute atomic E-state index is 0.0388. The lowest BCUT2D eigenvalue weighted by Gasteiger charge is -2.27. The fourth-order valence-corrected chi connectivity index (χ4v) is 8.12. The van der Waals surface area contributed by atoms with Gasteiger partial charge in [-0.2, -0.15) is 0 Å². The van der Waals surface area contributed by atoms with E-state index in [1.165, 1.54) is 116 Å². The molecule has 0 aliphatic rings. The smallest absolute Gasteiger partial charge is 0.456 e. The summed E-state index contributed by atoms with van der Waals surface area (Å²) in [5.41, 5.74) is 0. The number of amides is 1. The zero-order chi connectivity index (χ0) is 46.5. The van der Waals surface area contributed by atoms with E-state index in [0.717, 1.165) is 89.9 Å². The van der Waals surface area contributed by atoms with Gasteiger partial charge in [0, 0.05) is 12.8 Å². The predicted octanol–water partition coefficient (Wildman–Crippen LogP) is 15.2. The van der Waals surface area contributed by atoms with Crippen LogP contribution in [0.5, 0.6) is 0 Å². The Morgan fingerprint density at radius 1 is 0.540 bits per heavy atom. The number of phosphoric acid groups is 1. The third kappa shape index (κ3) is 45.2. The molecule has 63 heavy (non-hydrogen) atoms. The van der Waals surface area contributed by atoms with Crippen molar-refractivity contribution >= 4 is 19.7 Å². The van der Waals surface area contributed by atoms with E-state index in [2.05, 4.69) is 50.4 Å². The minimum Gasteiger partial charge on any atom is -0.456 e. The van der Waals surface area contributed by atoms with Gasteiger partial charge in [0.2, 0.25) is 5.91 Å². The number of likely N-dealkylation sites (N-methyl/N-ethyl adjacent to an activating group) is 1. The van der Waals surface area contributed by atoms with Gasteiger partial charge in [-0.05, 0) is 76.7 Å². The molecular formula is C53H102N2O7P+. The second-order valence-corrected chi connectivity index (χ2v) is 20.5. The van der Waals surface area contributed by atoms with Crippen molar-refractivity contribution in [3.63, 3.8) is 0 Å². The quantitative estimate of drug-likeness (QED) is 0.0206. The third-order valence-corrected chi connectivity index (χ3v) is 12.5. The monoisotopic (exact) mass is 910 g/mol. The summed E-state index contributed by atoms with van der Waals surface area (Å²) in [6.45, 7) is 6.94. The molecule has 0 saturated heterocycles. The Labute approximate surface area is 389 Å². The van der Waals surface area contributed by atoms with Crippen molar-refractivity contribution in [2.45, 2.75) is 251 Å². The number of nitrogens with one attached hydrogen (secondary N) is 1. The van der Waals surface area contributed by atoms with Crippen LogP contribution in [0.4, 0.5) is 0 Å². The lowest BCUT2D eigenvalue weighted by Crippen LogP contribution is -2.47. The first kappa shape index (κ1) is 61.2. The highest BCUT2D eigenvalue weighted by atomic mass is 31.2. The van der Waals surface area contributed by atoms with Gasteiger partial charge in [-0.3, -0.25) is 18.6 Å². The number of nitrogens with zero attached hydrogens (tertiary/aromatic N) is 1. The van der Waals surface area contributed by atoms with Crippen molar-refractivity contribution in [1.82, 2.24) is 5.32 Å². The average molecular weight is 910 g/mol. The first-order chi connectivity index (χ1) is 30.4. The average Bonchev–Trinajstić information content (AvgIpc) is 3.23. The molecule has 10 heteroatoms. The molecule has 0 radical (unpaired) electrons. The Bertz CT molecular complexity index is 1180. The fourth-order valence-electron chi connectivity index (χ4n) is 7.38. The Kier molecular flexibility index (Phi) is 42.8. The van der Waals surface area contributed by atoms with E-state index in [-0.39, 0.29) is 31.5 Å². The van der Waals surface area contributed by atoms with Crippen LogP contribution in [-0.2, 0) is 27.9 Å². The molecule has 9 nitrogen and oxygen atoms in total. The van der Waals surface area contributed by atoms with Crippen LogP contribution in [0.15, 0.2) is 36.5 Å². The Balaban J connectivity index is 5.40. The van der Waals surface area contributed by atoms with Crippen molar-refractivity contribution < 1.29 is 37.3 Å². The molecule has 0 rings (SSSR count). The molecule has 3 unspecified atom stereocenters. The molecule has 0 spiro atoms. The van der Waals surface area contributed by atoms with Crippen molar-refractivity contribution in [3.05, 3.63) is 36.5 Å². The van der Waals surface area contributed by atoms with E-state index < -0.39 is 20.0 Å². The van der Waals surface area contributed by atoms with Gasteiger partial charge in [0.25, 0.3) is 0 Å². The molecule has 2 N–H and O–H groups in total. The van der Waals surface area contributed by atoms with Crippen LogP contribution < -0.4 is 5.32 Å². The predicted molar refractivity (Wildman–Crippen MR) is 268 cm³/mol. The summed E-state index contributed by atoms with van der Waals surface area (Å²) < 4.78 is 30.5. The number of ether oxygens (including phenoxy) is 1. The summed E-state index contributed by atoms with van der Waals surface area (Å²) in [5.74, 6) is -0.520. The molecule has 0 aromatic carbocycles. The normalized spacial score (nSPS) is 14.2. The van der Waals surface area contributed by atoms with Gasteiger partial charge in [-0.15, -0.1) is 0 Å². The lowest BCUT2D eigenvalue weighted by atomic mass is 10.1. The first-order valence-corrected chi connectivity index (χ1v) is 27.8. The van der Waals surface area contributed by atoms with Gasteiger partial charge in [0.05, 0.1) is 33.8 Å². The summed E-state index contributed by atoms with van der Waals surface area (Å²) in [6, 6.07) is -0.848. The number of phosphoric ester groups is 1. The summed E-state index contributed by atoms with van der Waals surface area (Å²) in [6.07, 6.45) is 49.9. The second kappa shape index (κ2) is 44.1. The van der Waals surface area contributed by atoms with Gasteiger partial charge in [-0.1, -0.05) is 186 Å². The number of allylic oxidation sites excluding steroid dienone is 5. The molecular weight excluding hydrogens is 808 g/mol. The highest BCUT2D eigenvalue weighted by Crippen LogP contribution is 2.43. The van der Waals surface area contributed by atoms with Crippen molar-refractivity contribution in [2.75, 3.05) is 40.9 Å². The maximum absolute atomic E-state index is 13.4. The van der Waals surface area contributed by atoms with Crippen molar-refractivity contribution in [1.29, 1.82) is 0 Å². The van der Waals surface area contributed by atoms with E-state index >= 15 is 0 Å². The molecule has 0 saturated carbocycles. The van der Waals surface area contributed by atoms with Crippen molar-refractivity contribution in [2.24, 2.45) is 0 Å². The Morgan fingerprint density at radius 3 is 1.41 bits per heavy atom. The number of esters is 1. The molecule has 0 aromatic rings. The number of carbonyl (C=O) groups excluding carboxylic acids is 2. The zero-order valence-corrected chi connectivity index (χ0v) is 43.0. The second-order valence-electron chi connectivity index (χ2n) is 19.0. The highest BCUT2D eigenvalue weighted by molar-refractivity contribution is 7.47.